The Morgan fingerprint density at radius 2 is 1.70 bits per heavy atom. The first-order valence-electron chi connectivity index (χ1n) is 7.58. The highest BCUT2D eigenvalue weighted by molar-refractivity contribution is 8.16. The lowest BCUT2D eigenvalue weighted by Gasteiger charge is -2.21. The minimum absolute atomic E-state index is 0.0459. The van der Waals surface area contributed by atoms with Crippen molar-refractivity contribution >= 4 is 41.0 Å². The van der Waals surface area contributed by atoms with Crippen LogP contribution < -0.4 is 5.32 Å². The zero-order chi connectivity index (χ0) is 16.1. The summed E-state index contributed by atoms with van der Waals surface area (Å²) >= 11 is 9.84. The molecule has 0 unspecified atom stereocenters. The van der Waals surface area contributed by atoms with Gasteiger partial charge in [0.05, 0.1) is 4.58 Å². The lowest BCUT2D eigenvalue weighted by molar-refractivity contribution is 0.0951. The third-order valence-corrected chi connectivity index (χ3v) is 6.91. The molecule has 2 nitrogen and oxygen atoms in total. The molecule has 5 heteroatoms. The summed E-state index contributed by atoms with van der Waals surface area (Å²) in [6, 6.07) is 15.5. The first-order valence-corrected chi connectivity index (χ1v) is 10.1. The van der Waals surface area contributed by atoms with E-state index in [1.807, 2.05) is 59.9 Å². The molecule has 1 aliphatic heterocycles. The molecule has 0 atom stereocenters. The topological polar surface area (TPSA) is 29.1 Å². The highest BCUT2D eigenvalue weighted by Gasteiger charge is 2.16. The van der Waals surface area contributed by atoms with Gasteiger partial charge in [-0.15, -0.1) is 23.5 Å². The second kappa shape index (κ2) is 8.13. The van der Waals surface area contributed by atoms with Gasteiger partial charge in [0.1, 0.15) is 0 Å². The molecule has 0 radical (unpaired) electrons. The van der Waals surface area contributed by atoms with Gasteiger partial charge in [-0.3, -0.25) is 4.79 Å². The van der Waals surface area contributed by atoms with E-state index in [0.29, 0.717) is 21.7 Å². The fourth-order valence-electron chi connectivity index (χ4n) is 2.36. The molecular weight excluding hydrogens is 346 g/mol. The van der Waals surface area contributed by atoms with Gasteiger partial charge in [-0.05, 0) is 53.3 Å². The SMILES string of the molecule is O=C(NCc1ccc(Cl)cc1)c1ccc(C2SCCCS2)cc1. The van der Waals surface area contributed by atoms with E-state index >= 15 is 0 Å². The van der Waals surface area contributed by atoms with Gasteiger partial charge in [-0.25, -0.2) is 0 Å². The minimum atomic E-state index is -0.0459. The smallest absolute Gasteiger partial charge is 0.251 e. The molecule has 1 N–H and O–H groups in total. The zero-order valence-electron chi connectivity index (χ0n) is 12.6. The molecule has 0 saturated carbocycles. The van der Waals surface area contributed by atoms with Crippen molar-refractivity contribution in [2.24, 2.45) is 0 Å². The summed E-state index contributed by atoms with van der Waals surface area (Å²) < 4.78 is 0.509. The predicted octanol–water partition coefficient (Wildman–Crippen LogP) is 5.14. The minimum Gasteiger partial charge on any atom is -0.348 e. The molecule has 0 aliphatic carbocycles. The van der Waals surface area contributed by atoms with E-state index in [2.05, 4.69) is 17.4 Å². The Morgan fingerprint density at radius 1 is 1.04 bits per heavy atom. The van der Waals surface area contributed by atoms with Crippen LogP contribution in [-0.4, -0.2) is 17.4 Å². The third kappa shape index (κ3) is 4.69. The standard InChI is InChI=1S/C18H18ClNOS2/c19-16-8-2-13(3-9-16)12-20-17(21)14-4-6-15(7-5-14)18-22-10-1-11-23-18/h2-9,18H,1,10-12H2,(H,20,21). The number of hydrogen-bond acceptors (Lipinski definition) is 3. The van der Waals surface area contributed by atoms with Crippen LogP contribution in [0.1, 0.15) is 32.5 Å². The van der Waals surface area contributed by atoms with Crippen LogP contribution >= 0.6 is 35.1 Å². The van der Waals surface area contributed by atoms with Crippen molar-refractivity contribution in [2.75, 3.05) is 11.5 Å². The normalized spacial score (nSPS) is 15.3. The molecule has 1 fully saturated rings. The quantitative estimate of drug-likeness (QED) is 0.815. The molecule has 2 aromatic carbocycles. The van der Waals surface area contributed by atoms with Crippen LogP contribution in [0, 0.1) is 0 Å². The van der Waals surface area contributed by atoms with Crippen molar-refractivity contribution < 1.29 is 4.79 Å². The number of benzene rings is 2. The van der Waals surface area contributed by atoms with E-state index in [1.165, 1.54) is 23.5 Å². The van der Waals surface area contributed by atoms with E-state index in [9.17, 15) is 4.79 Å². The predicted molar refractivity (Wildman–Crippen MR) is 101 cm³/mol. The molecule has 1 aliphatic rings. The van der Waals surface area contributed by atoms with Crippen molar-refractivity contribution in [2.45, 2.75) is 17.5 Å². The Balaban J connectivity index is 1.57. The summed E-state index contributed by atoms with van der Waals surface area (Å²) in [7, 11) is 0. The van der Waals surface area contributed by atoms with E-state index in [-0.39, 0.29) is 5.91 Å². The molecule has 0 spiro atoms. The maximum atomic E-state index is 12.2. The van der Waals surface area contributed by atoms with Crippen LogP contribution in [0.25, 0.3) is 0 Å². The van der Waals surface area contributed by atoms with Crippen molar-refractivity contribution in [3.8, 4) is 0 Å². The summed E-state index contributed by atoms with van der Waals surface area (Å²) in [5.74, 6) is 2.40. The van der Waals surface area contributed by atoms with Gasteiger partial charge in [0, 0.05) is 17.1 Å². The number of thioether (sulfide) groups is 2. The summed E-state index contributed by atoms with van der Waals surface area (Å²) in [5, 5.41) is 3.64. The summed E-state index contributed by atoms with van der Waals surface area (Å²) in [6.07, 6.45) is 1.29. The van der Waals surface area contributed by atoms with Crippen molar-refractivity contribution in [3.05, 3.63) is 70.2 Å². The van der Waals surface area contributed by atoms with E-state index in [0.717, 1.165) is 5.56 Å². The number of rotatable bonds is 4. The van der Waals surface area contributed by atoms with E-state index < -0.39 is 0 Å². The second-order valence-electron chi connectivity index (χ2n) is 5.36. The monoisotopic (exact) mass is 363 g/mol. The average molecular weight is 364 g/mol. The highest BCUT2D eigenvalue weighted by Crippen LogP contribution is 2.43. The zero-order valence-corrected chi connectivity index (χ0v) is 15.0. The van der Waals surface area contributed by atoms with Gasteiger partial charge in [-0.2, -0.15) is 0 Å². The Kier molecular flexibility index (Phi) is 5.92. The van der Waals surface area contributed by atoms with Gasteiger partial charge in [-0.1, -0.05) is 35.9 Å². The molecule has 0 aromatic heterocycles. The maximum absolute atomic E-state index is 12.2. The van der Waals surface area contributed by atoms with Gasteiger partial charge in [0.2, 0.25) is 0 Å². The third-order valence-electron chi connectivity index (χ3n) is 3.64. The van der Waals surface area contributed by atoms with Crippen molar-refractivity contribution in [1.82, 2.24) is 5.32 Å². The van der Waals surface area contributed by atoms with Crippen molar-refractivity contribution in [3.63, 3.8) is 0 Å². The summed E-state index contributed by atoms with van der Waals surface area (Å²) in [5.41, 5.74) is 3.04. The molecular formula is C18H18ClNOS2. The van der Waals surface area contributed by atoms with Crippen LogP contribution in [0.4, 0.5) is 0 Å². The first-order chi connectivity index (χ1) is 11.2. The average Bonchev–Trinajstić information content (AvgIpc) is 2.62. The largest absolute Gasteiger partial charge is 0.348 e. The summed E-state index contributed by atoms with van der Waals surface area (Å²) in [6.45, 7) is 0.506. The van der Waals surface area contributed by atoms with Crippen LogP contribution in [0.3, 0.4) is 0 Å². The van der Waals surface area contributed by atoms with Crippen LogP contribution in [0.15, 0.2) is 48.5 Å². The van der Waals surface area contributed by atoms with E-state index in [1.54, 1.807) is 0 Å². The van der Waals surface area contributed by atoms with Gasteiger partial charge in [0.15, 0.2) is 0 Å². The van der Waals surface area contributed by atoms with Gasteiger partial charge < -0.3 is 5.32 Å². The van der Waals surface area contributed by atoms with E-state index in [4.69, 9.17) is 11.6 Å². The molecule has 3 rings (SSSR count). The lowest BCUT2D eigenvalue weighted by atomic mass is 10.1. The molecule has 1 saturated heterocycles. The van der Waals surface area contributed by atoms with Crippen molar-refractivity contribution in [1.29, 1.82) is 0 Å². The number of carbonyl (C=O) groups excluding carboxylic acids is 1. The molecule has 0 bridgehead atoms. The highest BCUT2D eigenvalue weighted by atomic mass is 35.5. The number of amides is 1. The second-order valence-corrected chi connectivity index (χ2v) is 8.52. The fourth-order valence-corrected chi connectivity index (χ4v) is 5.38. The lowest BCUT2D eigenvalue weighted by Crippen LogP contribution is -2.22. The molecule has 23 heavy (non-hydrogen) atoms. The number of nitrogens with one attached hydrogen (secondary N) is 1. The molecule has 120 valence electrons. The summed E-state index contributed by atoms with van der Waals surface area (Å²) in [4.78, 5) is 12.2. The Bertz CT molecular complexity index is 652. The van der Waals surface area contributed by atoms with Gasteiger partial charge in [0.25, 0.3) is 5.91 Å². The molecule has 1 amide bonds. The molecule has 2 aromatic rings. The van der Waals surface area contributed by atoms with Crippen LogP contribution in [0.2, 0.25) is 5.02 Å². The van der Waals surface area contributed by atoms with Gasteiger partial charge >= 0.3 is 0 Å². The van der Waals surface area contributed by atoms with Crippen LogP contribution in [-0.2, 0) is 6.54 Å². The Labute approximate surface area is 150 Å². The maximum Gasteiger partial charge on any atom is 0.251 e. The van der Waals surface area contributed by atoms with Crippen LogP contribution in [0.5, 0.6) is 0 Å². The fraction of sp³-hybridized carbons (Fsp3) is 0.278. The molecule has 1 heterocycles. The first kappa shape index (κ1) is 16.7. The Hall–Kier alpha value is -1.10. The number of halogens is 1. The Morgan fingerprint density at radius 3 is 2.35 bits per heavy atom. The number of carbonyl (C=O) groups is 1. The number of hydrogen-bond donors (Lipinski definition) is 1.